The second kappa shape index (κ2) is 11.8. The summed E-state index contributed by atoms with van der Waals surface area (Å²) < 4.78 is 10.2. The summed E-state index contributed by atoms with van der Waals surface area (Å²) in [6.07, 6.45) is 3.28. The average molecular weight is 490 g/mol. The molecule has 2 aliphatic rings. The molecule has 3 N–H and O–H groups in total. The predicted octanol–water partition coefficient (Wildman–Crippen LogP) is 3.18. The molecule has 9 nitrogen and oxygen atoms in total. The minimum atomic E-state index is -1.02. The van der Waals surface area contributed by atoms with Crippen molar-refractivity contribution in [2.75, 3.05) is 13.7 Å². The van der Waals surface area contributed by atoms with Gasteiger partial charge in [0.15, 0.2) is 0 Å². The van der Waals surface area contributed by atoms with E-state index in [1.165, 1.54) is 0 Å². The van der Waals surface area contributed by atoms with Gasteiger partial charge in [-0.2, -0.15) is 4.90 Å². The highest BCUT2D eigenvalue weighted by Crippen LogP contribution is 2.47. The molecule has 0 bridgehead atoms. The van der Waals surface area contributed by atoms with Crippen molar-refractivity contribution in [3.8, 4) is 0 Å². The van der Waals surface area contributed by atoms with Crippen LogP contribution in [0.4, 0.5) is 4.79 Å². The number of furan rings is 1. The molecule has 0 spiro atoms. The zero-order chi connectivity index (χ0) is 25.7. The van der Waals surface area contributed by atoms with Gasteiger partial charge in [-0.05, 0) is 55.9 Å². The minimum absolute atomic E-state index is 0.179. The number of carbonyl (C=O) groups excluding carboxylic acids is 3. The Labute approximate surface area is 205 Å². The number of allylic oxidation sites excluding steroid dienone is 2. The van der Waals surface area contributed by atoms with E-state index in [1.54, 1.807) is 12.1 Å². The molecule has 1 fully saturated rings. The first kappa shape index (κ1) is 26.8. The second-order valence-electron chi connectivity index (χ2n) is 9.09. The van der Waals surface area contributed by atoms with Gasteiger partial charge in [-0.3, -0.25) is 9.59 Å². The molecule has 192 valence electrons. The molecule has 3 rings (SSSR count). The van der Waals surface area contributed by atoms with Crippen LogP contribution in [0.5, 0.6) is 0 Å². The van der Waals surface area contributed by atoms with E-state index in [0.717, 1.165) is 31.1 Å². The van der Waals surface area contributed by atoms with E-state index in [0.29, 0.717) is 41.3 Å². The molecule has 2 heterocycles. The van der Waals surface area contributed by atoms with Crippen molar-refractivity contribution >= 4 is 24.0 Å². The quantitative estimate of drug-likeness (QED) is 0.337. The predicted molar refractivity (Wildman–Crippen MR) is 127 cm³/mol. The molecule has 35 heavy (non-hydrogen) atoms. The van der Waals surface area contributed by atoms with Gasteiger partial charge in [0.1, 0.15) is 18.1 Å². The number of methoxy groups -OCH3 is 1. The molecule has 1 aliphatic carbocycles. The molecule has 1 saturated heterocycles. The van der Waals surface area contributed by atoms with Crippen LogP contribution in [0.1, 0.15) is 63.9 Å². The van der Waals surface area contributed by atoms with Crippen LogP contribution >= 0.6 is 0 Å². The number of likely N-dealkylation sites (tertiary alicyclic amines) is 1. The molecule has 3 amide bonds. The third-order valence-corrected chi connectivity index (χ3v) is 7.03. The highest BCUT2D eigenvalue weighted by Gasteiger charge is 2.57. The number of nitrogens with zero attached hydrogens (tertiary/aromatic N) is 1. The maximum Gasteiger partial charge on any atom is 0.423 e. The Morgan fingerprint density at radius 2 is 2.00 bits per heavy atom. The van der Waals surface area contributed by atoms with Gasteiger partial charge in [-0.15, -0.1) is 0 Å². The van der Waals surface area contributed by atoms with Crippen molar-refractivity contribution in [1.29, 1.82) is 0 Å². The summed E-state index contributed by atoms with van der Waals surface area (Å²) in [5.74, 6) is -2.59. The first-order valence-corrected chi connectivity index (χ1v) is 12.2. The monoisotopic (exact) mass is 489 g/mol. The molecule has 9 heteroatoms. The van der Waals surface area contributed by atoms with E-state index in [1.807, 2.05) is 19.9 Å². The van der Waals surface area contributed by atoms with E-state index < -0.39 is 48.4 Å². The SMILES string of the molecule is CCCC1=C([C@H](O)CC/C(=C/c2ccc(CO)o2)CC)[C@H](CO)[C@@H]2C(=O)N(C(=O)OC)C(=O)[C@@H]2C1. The van der Waals surface area contributed by atoms with Crippen LogP contribution in [-0.4, -0.2) is 57.9 Å². The molecular weight excluding hydrogens is 454 g/mol. The molecular formula is C26H35NO8. The number of aliphatic hydroxyl groups excluding tert-OH is 3. The second-order valence-corrected chi connectivity index (χ2v) is 9.09. The number of amides is 3. The summed E-state index contributed by atoms with van der Waals surface area (Å²) in [5, 5.41) is 30.7. The van der Waals surface area contributed by atoms with E-state index in [2.05, 4.69) is 4.74 Å². The summed E-state index contributed by atoms with van der Waals surface area (Å²) in [4.78, 5) is 38.6. The van der Waals surface area contributed by atoms with Crippen molar-refractivity contribution in [3.05, 3.63) is 40.4 Å². The van der Waals surface area contributed by atoms with Crippen molar-refractivity contribution in [3.63, 3.8) is 0 Å². The lowest BCUT2D eigenvalue weighted by Gasteiger charge is -2.36. The fourth-order valence-electron chi connectivity index (χ4n) is 5.36. The molecule has 1 aromatic heterocycles. The number of hydrogen-bond acceptors (Lipinski definition) is 8. The Morgan fingerprint density at radius 1 is 1.26 bits per heavy atom. The third-order valence-electron chi connectivity index (χ3n) is 7.03. The lowest BCUT2D eigenvalue weighted by Crippen LogP contribution is -2.40. The number of rotatable bonds is 10. The lowest BCUT2D eigenvalue weighted by atomic mass is 9.67. The molecule has 4 atom stereocenters. The van der Waals surface area contributed by atoms with E-state index in [4.69, 9.17) is 4.42 Å². The van der Waals surface area contributed by atoms with Crippen LogP contribution in [-0.2, 0) is 20.9 Å². The molecule has 0 radical (unpaired) electrons. The number of fused-ring (bicyclic) bond motifs is 1. The molecule has 1 aliphatic heterocycles. The van der Waals surface area contributed by atoms with Gasteiger partial charge >= 0.3 is 6.09 Å². The van der Waals surface area contributed by atoms with Crippen molar-refractivity contribution in [2.45, 2.75) is 65.1 Å². The van der Waals surface area contributed by atoms with Gasteiger partial charge in [0.05, 0.1) is 31.7 Å². The Balaban J connectivity index is 1.85. The lowest BCUT2D eigenvalue weighted by molar-refractivity contribution is -0.137. The number of ether oxygens (including phenoxy) is 1. The van der Waals surface area contributed by atoms with Crippen LogP contribution in [0.2, 0.25) is 0 Å². The Morgan fingerprint density at radius 3 is 2.57 bits per heavy atom. The van der Waals surface area contributed by atoms with E-state index in [-0.39, 0.29) is 13.0 Å². The van der Waals surface area contributed by atoms with Crippen LogP contribution in [0.15, 0.2) is 33.3 Å². The van der Waals surface area contributed by atoms with Gasteiger partial charge in [0.2, 0.25) is 11.8 Å². The Kier molecular flexibility index (Phi) is 9.04. The normalized spacial score (nSPS) is 23.7. The van der Waals surface area contributed by atoms with Gasteiger partial charge in [0.25, 0.3) is 0 Å². The summed E-state index contributed by atoms with van der Waals surface area (Å²) in [6, 6.07) is 3.48. The highest BCUT2D eigenvalue weighted by molar-refractivity contribution is 6.15. The van der Waals surface area contributed by atoms with Gasteiger partial charge in [0, 0.05) is 5.92 Å². The smallest absolute Gasteiger partial charge is 0.423 e. The largest absolute Gasteiger partial charge is 0.459 e. The Bertz CT molecular complexity index is 1010. The summed E-state index contributed by atoms with van der Waals surface area (Å²) in [6.45, 7) is 3.40. The zero-order valence-corrected chi connectivity index (χ0v) is 20.5. The minimum Gasteiger partial charge on any atom is -0.459 e. The van der Waals surface area contributed by atoms with Crippen LogP contribution < -0.4 is 0 Å². The molecule has 1 aromatic rings. The number of carbonyl (C=O) groups is 3. The molecule has 0 unspecified atom stereocenters. The fraction of sp³-hybridized carbons (Fsp3) is 0.577. The number of hydrogen-bond donors (Lipinski definition) is 3. The molecule has 0 aromatic carbocycles. The topological polar surface area (TPSA) is 138 Å². The fourth-order valence-corrected chi connectivity index (χ4v) is 5.36. The zero-order valence-electron chi connectivity index (χ0n) is 20.5. The summed E-state index contributed by atoms with van der Waals surface area (Å²) in [5.41, 5.74) is 2.52. The first-order valence-electron chi connectivity index (χ1n) is 12.2. The van der Waals surface area contributed by atoms with Gasteiger partial charge in [-0.1, -0.05) is 31.4 Å². The van der Waals surface area contributed by atoms with Crippen LogP contribution in [0, 0.1) is 17.8 Å². The average Bonchev–Trinajstić information content (AvgIpc) is 3.42. The van der Waals surface area contributed by atoms with Crippen LogP contribution in [0.25, 0.3) is 6.08 Å². The van der Waals surface area contributed by atoms with Gasteiger partial charge < -0.3 is 24.5 Å². The standard InChI is InChI=1S/C26H35NO8/c1-4-6-16-12-19-23(25(32)27(24(19)31)26(33)34-3)20(14-29)22(16)21(30)10-7-15(5-2)11-17-8-9-18(13-28)35-17/h8-9,11,19-21,23,28-30H,4-7,10,12-14H2,1-3H3/b15-11+/t19-,20+,21-,23-/m1/s1. The van der Waals surface area contributed by atoms with E-state index in [9.17, 15) is 29.7 Å². The van der Waals surface area contributed by atoms with Gasteiger partial charge in [-0.25, -0.2) is 4.79 Å². The van der Waals surface area contributed by atoms with E-state index >= 15 is 0 Å². The van der Waals surface area contributed by atoms with Crippen LogP contribution in [0.3, 0.4) is 0 Å². The number of imide groups is 3. The maximum atomic E-state index is 13.0. The summed E-state index contributed by atoms with van der Waals surface area (Å²) in [7, 11) is 1.11. The first-order chi connectivity index (χ1) is 16.8. The Hall–Kier alpha value is -2.75. The maximum absolute atomic E-state index is 13.0. The highest BCUT2D eigenvalue weighted by atomic mass is 16.5. The number of aliphatic hydroxyl groups is 3. The van der Waals surface area contributed by atoms with Crippen molar-refractivity contribution in [1.82, 2.24) is 4.90 Å². The van der Waals surface area contributed by atoms with Crippen molar-refractivity contribution in [2.24, 2.45) is 17.8 Å². The molecule has 0 saturated carbocycles. The van der Waals surface area contributed by atoms with Crippen molar-refractivity contribution < 1.29 is 38.9 Å². The summed E-state index contributed by atoms with van der Waals surface area (Å²) >= 11 is 0. The third kappa shape index (κ3) is 5.42.